The van der Waals surface area contributed by atoms with Crippen molar-refractivity contribution in [2.75, 3.05) is 20.0 Å². The van der Waals surface area contributed by atoms with Gasteiger partial charge in [-0.2, -0.15) is 10.1 Å². The molecule has 9 nitrogen and oxygen atoms in total. The van der Waals surface area contributed by atoms with Gasteiger partial charge in [-0.15, -0.1) is 0 Å². The van der Waals surface area contributed by atoms with Crippen LogP contribution in [0.3, 0.4) is 0 Å². The minimum Gasteiger partial charge on any atom is -0.479 e. The maximum Gasteiger partial charge on any atom is 0.359 e. The van der Waals surface area contributed by atoms with Gasteiger partial charge in [0.15, 0.2) is 5.69 Å². The molecular weight excluding hydrogens is 372 g/mol. The highest BCUT2D eigenvalue weighted by atomic mass is 32.2. The molecule has 27 heavy (non-hydrogen) atoms. The van der Waals surface area contributed by atoms with E-state index in [1.807, 2.05) is 20.8 Å². The Morgan fingerprint density at radius 1 is 1.30 bits per heavy atom. The fraction of sp³-hybridized carbons (Fsp3) is 0.529. The Balaban J connectivity index is 2.76. The van der Waals surface area contributed by atoms with Crippen LogP contribution in [0.15, 0.2) is 11.4 Å². The van der Waals surface area contributed by atoms with Crippen molar-refractivity contribution in [3.8, 4) is 11.6 Å². The van der Waals surface area contributed by atoms with Gasteiger partial charge in [0.2, 0.25) is 20.9 Å². The summed E-state index contributed by atoms with van der Waals surface area (Å²) in [6, 6.07) is 0. The molecule has 0 spiro atoms. The summed E-state index contributed by atoms with van der Waals surface area (Å²) in [6.45, 7) is 7.84. The molecule has 0 aliphatic heterocycles. The van der Waals surface area contributed by atoms with E-state index in [0.29, 0.717) is 12.1 Å². The van der Waals surface area contributed by atoms with Gasteiger partial charge in [-0.05, 0) is 19.3 Å². The Morgan fingerprint density at radius 3 is 2.44 bits per heavy atom. The lowest BCUT2D eigenvalue weighted by Crippen LogP contribution is -2.12. The number of rotatable bonds is 7. The van der Waals surface area contributed by atoms with Gasteiger partial charge in [0.1, 0.15) is 5.69 Å². The molecule has 0 amide bonds. The molecule has 10 heteroatoms. The Hall–Kier alpha value is -2.49. The van der Waals surface area contributed by atoms with Crippen LogP contribution in [0.25, 0.3) is 5.69 Å². The monoisotopic (exact) mass is 396 g/mol. The second-order valence-electron chi connectivity index (χ2n) is 6.17. The molecule has 0 fully saturated rings. The lowest BCUT2D eigenvalue weighted by Gasteiger charge is -2.14. The molecule has 0 bridgehead atoms. The molecule has 0 saturated carbocycles. The standard InChI is InChI=1S/C17H24N4O5S/c1-7-11-13(16(22)26-8-2)20-21(14(11)10(3)4)12-9-18-17(27(6,23)24)19-15(12)25-5/h9-10H,7-8H2,1-6H3. The maximum absolute atomic E-state index is 12.3. The molecule has 0 aliphatic rings. The van der Waals surface area contributed by atoms with Crippen molar-refractivity contribution in [2.45, 2.75) is 45.2 Å². The van der Waals surface area contributed by atoms with Crippen molar-refractivity contribution in [2.24, 2.45) is 0 Å². The molecule has 2 heterocycles. The number of carbonyl (C=O) groups excluding carboxylic acids is 1. The van der Waals surface area contributed by atoms with Crippen molar-refractivity contribution in [3.63, 3.8) is 0 Å². The number of sulfone groups is 1. The van der Waals surface area contributed by atoms with Crippen molar-refractivity contribution in [3.05, 3.63) is 23.1 Å². The number of ether oxygens (including phenoxy) is 2. The Morgan fingerprint density at radius 2 is 1.96 bits per heavy atom. The third-order valence-electron chi connectivity index (χ3n) is 3.86. The minimum absolute atomic E-state index is 0.0231. The SMILES string of the molecule is CCOC(=O)c1nn(-c2cnc(S(C)(=O)=O)nc2OC)c(C(C)C)c1CC. The van der Waals surface area contributed by atoms with Crippen LogP contribution in [0.5, 0.6) is 5.88 Å². The predicted molar refractivity (Wildman–Crippen MR) is 98.2 cm³/mol. The van der Waals surface area contributed by atoms with E-state index in [1.165, 1.54) is 18.0 Å². The summed E-state index contributed by atoms with van der Waals surface area (Å²) < 4.78 is 35.4. The third-order valence-corrected chi connectivity index (χ3v) is 4.72. The molecule has 0 atom stereocenters. The predicted octanol–water partition coefficient (Wildman–Crippen LogP) is 1.94. The molecule has 2 rings (SSSR count). The fourth-order valence-corrected chi connectivity index (χ4v) is 3.26. The highest BCUT2D eigenvalue weighted by molar-refractivity contribution is 7.90. The highest BCUT2D eigenvalue weighted by Crippen LogP contribution is 2.30. The van der Waals surface area contributed by atoms with E-state index in [4.69, 9.17) is 9.47 Å². The Bertz CT molecular complexity index is 950. The smallest absolute Gasteiger partial charge is 0.359 e. The first-order valence-corrected chi connectivity index (χ1v) is 10.4. The first kappa shape index (κ1) is 20.8. The number of nitrogens with zero attached hydrogens (tertiary/aromatic N) is 4. The number of aromatic nitrogens is 4. The number of esters is 1. The van der Waals surface area contributed by atoms with E-state index in [2.05, 4.69) is 15.1 Å². The molecule has 148 valence electrons. The summed E-state index contributed by atoms with van der Waals surface area (Å²) in [5, 5.41) is 4.08. The van der Waals surface area contributed by atoms with Crippen LogP contribution in [0.4, 0.5) is 0 Å². The number of hydrogen-bond donors (Lipinski definition) is 0. The van der Waals surface area contributed by atoms with Crippen molar-refractivity contribution in [1.82, 2.24) is 19.7 Å². The zero-order valence-electron chi connectivity index (χ0n) is 16.3. The molecule has 0 saturated heterocycles. The van der Waals surface area contributed by atoms with Gasteiger partial charge in [-0.1, -0.05) is 20.8 Å². The quantitative estimate of drug-likeness (QED) is 0.515. The lowest BCUT2D eigenvalue weighted by molar-refractivity contribution is 0.0517. The van der Waals surface area contributed by atoms with Crippen LogP contribution in [0, 0.1) is 0 Å². The topological polar surface area (TPSA) is 113 Å². The Labute approximate surface area is 158 Å². The summed E-state index contributed by atoms with van der Waals surface area (Å²) in [6.07, 6.45) is 2.92. The number of hydrogen-bond acceptors (Lipinski definition) is 8. The zero-order valence-corrected chi connectivity index (χ0v) is 17.1. The zero-order chi connectivity index (χ0) is 20.4. The van der Waals surface area contributed by atoms with E-state index in [9.17, 15) is 13.2 Å². The number of methoxy groups -OCH3 is 1. The van der Waals surface area contributed by atoms with Crippen LogP contribution >= 0.6 is 0 Å². The van der Waals surface area contributed by atoms with Crippen LogP contribution < -0.4 is 4.74 Å². The molecule has 0 N–H and O–H groups in total. The first-order chi connectivity index (χ1) is 12.6. The first-order valence-electron chi connectivity index (χ1n) is 8.55. The van der Waals surface area contributed by atoms with Gasteiger partial charge in [-0.3, -0.25) is 0 Å². The van der Waals surface area contributed by atoms with Gasteiger partial charge >= 0.3 is 5.97 Å². The van der Waals surface area contributed by atoms with Crippen molar-refractivity contribution in [1.29, 1.82) is 0 Å². The van der Waals surface area contributed by atoms with Crippen molar-refractivity contribution < 1.29 is 22.7 Å². The molecule has 0 unspecified atom stereocenters. The van der Waals surface area contributed by atoms with E-state index >= 15 is 0 Å². The Kier molecular flexibility index (Phi) is 6.19. The average Bonchev–Trinajstić information content (AvgIpc) is 3.00. The van der Waals surface area contributed by atoms with Crippen LogP contribution in [-0.4, -0.2) is 54.1 Å². The van der Waals surface area contributed by atoms with Crippen LogP contribution in [-0.2, 0) is 21.0 Å². The van der Waals surface area contributed by atoms with Gasteiger partial charge in [-0.25, -0.2) is 22.9 Å². The summed E-state index contributed by atoms with van der Waals surface area (Å²) >= 11 is 0. The normalized spacial score (nSPS) is 11.7. The van der Waals surface area contributed by atoms with E-state index < -0.39 is 15.8 Å². The summed E-state index contributed by atoms with van der Waals surface area (Å²) in [7, 11) is -2.22. The van der Waals surface area contributed by atoms with E-state index in [-0.39, 0.29) is 29.3 Å². The number of carbonyl (C=O) groups is 1. The van der Waals surface area contributed by atoms with Gasteiger partial charge in [0.05, 0.1) is 25.6 Å². The van der Waals surface area contributed by atoms with Gasteiger partial charge < -0.3 is 9.47 Å². The second kappa shape index (κ2) is 8.03. The average molecular weight is 396 g/mol. The molecule has 2 aromatic heterocycles. The molecule has 0 aromatic carbocycles. The third kappa shape index (κ3) is 4.10. The molecule has 0 radical (unpaired) electrons. The van der Waals surface area contributed by atoms with Crippen LogP contribution in [0.1, 0.15) is 55.4 Å². The largest absolute Gasteiger partial charge is 0.479 e. The highest BCUT2D eigenvalue weighted by Gasteiger charge is 2.27. The maximum atomic E-state index is 12.3. The minimum atomic E-state index is -3.60. The molecule has 2 aromatic rings. The van der Waals surface area contributed by atoms with E-state index in [1.54, 1.807) is 6.92 Å². The summed E-state index contributed by atoms with van der Waals surface area (Å²) in [4.78, 5) is 20.3. The molecular formula is C17H24N4O5S. The summed E-state index contributed by atoms with van der Waals surface area (Å²) in [5.74, 6) is -0.439. The van der Waals surface area contributed by atoms with E-state index in [0.717, 1.165) is 17.5 Å². The van der Waals surface area contributed by atoms with Gasteiger partial charge in [0.25, 0.3) is 0 Å². The van der Waals surface area contributed by atoms with Crippen molar-refractivity contribution >= 4 is 15.8 Å². The van der Waals surface area contributed by atoms with Gasteiger partial charge in [0, 0.05) is 11.8 Å². The van der Waals surface area contributed by atoms with Crippen LogP contribution in [0.2, 0.25) is 0 Å². The fourth-order valence-electron chi connectivity index (χ4n) is 2.77. The molecule has 0 aliphatic carbocycles. The lowest BCUT2D eigenvalue weighted by atomic mass is 10.0. The summed E-state index contributed by atoms with van der Waals surface area (Å²) in [5.41, 5.74) is 2.11. The second-order valence-corrected chi connectivity index (χ2v) is 8.08.